The Morgan fingerprint density at radius 3 is 1.58 bits per heavy atom. The van der Waals surface area contributed by atoms with E-state index in [0.717, 1.165) is 7.25 Å². The number of fused-ring (bicyclic) bond motifs is 6. The van der Waals surface area contributed by atoms with Gasteiger partial charge in [-0.05, 0) is 0 Å². The van der Waals surface area contributed by atoms with Crippen molar-refractivity contribution < 1.29 is 20.3 Å². The molecule has 3 aliphatic rings. The monoisotopic (exact) mass is 434 g/mol. The minimum absolute atomic E-state index is 0.792. The summed E-state index contributed by atoms with van der Waals surface area (Å²) in [5.41, 5.74) is 6.41. The van der Waals surface area contributed by atoms with Gasteiger partial charge in [-0.1, -0.05) is 0 Å². The Labute approximate surface area is 163 Å². The number of allylic oxidation sites excluding steroid dienone is 2. The van der Waals surface area contributed by atoms with Crippen LogP contribution in [-0.4, -0.2) is 8.07 Å². The molecule has 0 saturated carbocycles. The summed E-state index contributed by atoms with van der Waals surface area (Å²) in [6.45, 7) is 4.96. The zero-order valence-electron chi connectivity index (χ0n) is 16.3. The van der Waals surface area contributed by atoms with Crippen molar-refractivity contribution in [2.75, 3.05) is 0 Å². The second kappa shape index (κ2) is 5.76. The molecule has 2 aliphatic carbocycles. The molecule has 2 aromatic rings. The predicted octanol–water partition coefficient (Wildman–Crippen LogP) is 7.09. The van der Waals surface area contributed by atoms with E-state index in [1.54, 1.807) is 11.1 Å². The van der Waals surface area contributed by atoms with Crippen molar-refractivity contribution >= 4 is 20.2 Å². The fraction of sp³-hybridized carbons (Fsp3) is 0.333. The number of hydrogen-bond acceptors (Lipinski definition) is 0. The zero-order chi connectivity index (χ0) is 18.1. The molecular formula is C24H28SiZr. The van der Waals surface area contributed by atoms with Gasteiger partial charge >= 0.3 is 164 Å². The molecule has 0 nitrogen and oxygen atoms in total. The van der Waals surface area contributed by atoms with Gasteiger partial charge in [0.2, 0.25) is 0 Å². The molecule has 0 N–H and O–H groups in total. The van der Waals surface area contributed by atoms with Crippen LogP contribution in [0.25, 0.3) is 12.2 Å². The van der Waals surface area contributed by atoms with E-state index in [4.69, 9.17) is 0 Å². The Hall–Kier alpha value is -0.980. The first-order valence-electron chi connectivity index (χ1n) is 10.2. The van der Waals surface area contributed by atoms with E-state index in [0.29, 0.717) is 0 Å². The van der Waals surface area contributed by atoms with Gasteiger partial charge in [0.25, 0.3) is 0 Å². The molecular weight excluding hydrogens is 408 g/mol. The van der Waals surface area contributed by atoms with E-state index < -0.39 is 28.3 Å². The third kappa shape index (κ3) is 1.98. The SMILES string of the molecule is CC[Si]1(CC)C2=Cc3ccccc3[CH]2[Zr]([CH3])([CH3])[CH]2C1=Cc1ccccc12. The van der Waals surface area contributed by atoms with Gasteiger partial charge in [-0.15, -0.1) is 0 Å². The summed E-state index contributed by atoms with van der Waals surface area (Å²) in [5.74, 6) is 0. The summed E-state index contributed by atoms with van der Waals surface area (Å²) >= 11 is -2.50. The van der Waals surface area contributed by atoms with Crippen LogP contribution in [0, 0.1) is 0 Å². The van der Waals surface area contributed by atoms with Gasteiger partial charge in [-0.25, -0.2) is 0 Å². The number of hydrogen-bond donors (Lipinski definition) is 0. The third-order valence-electron chi connectivity index (χ3n) is 7.66. The van der Waals surface area contributed by atoms with Gasteiger partial charge in [0.15, 0.2) is 0 Å². The quantitative estimate of drug-likeness (QED) is 0.441. The van der Waals surface area contributed by atoms with Crippen molar-refractivity contribution in [3.8, 4) is 0 Å². The van der Waals surface area contributed by atoms with Crippen molar-refractivity contribution in [2.24, 2.45) is 0 Å². The topological polar surface area (TPSA) is 0 Å². The van der Waals surface area contributed by atoms with E-state index in [1.807, 2.05) is 10.4 Å². The second-order valence-corrected chi connectivity index (χ2v) is 25.5. The molecule has 0 bridgehead atoms. The summed E-state index contributed by atoms with van der Waals surface area (Å²) in [4.78, 5) is 0. The van der Waals surface area contributed by atoms with Gasteiger partial charge in [-0.2, -0.15) is 0 Å². The normalized spacial score (nSPS) is 26.3. The minimum atomic E-state index is -2.50. The maximum absolute atomic E-state index is 2.74. The average molecular weight is 436 g/mol. The average Bonchev–Trinajstić information content (AvgIpc) is 3.23. The molecule has 1 saturated heterocycles. The van der Waals surface area contributed by atoms with Crippen LogP contribution >= 0.6 is 0 Å². The van der Waals surface area contributed by atoms with Crippen molar-refractivity contribution in [2.45, 2.75) is 42.5 Å². The van der Waals surface area contributed by atoms with Gasteiger partial charge < -0.3 is 0 Å². The van der Waals surface area contributed by atoms with Crippen LogP contribution in [0.15, 0.2) is 58.9 Å². The fourth-order valence-corrected chi connectivity index (χ4v) is 30.1. The summed E-state index contributed by atoms with van der Waals surface area (Å²) < 4.78 is 7.06. The van der Waals surface area contributed by atoms with Crippen molar-refractivity contribution in [1.82, 2.24) is 0 Å². The zero-order valence-corrected chi connectivity index (χ0v) is 19.8. The Morgan fingerprint density at radius 2 is 1.15 bits per heavy atom. The molecule has 0 radical (unpaired) electrons. The standard InChI is InChI=1S/C22H22Si.2CH3.Zr/c1-3-23(4-2,21-13-17-9-5-6-10-18(17)14-21)22-15-19-11-7-8-12-20(19)16-22;;;/h5-16H,3-4H2,1-2H3;2*1H3;. The fourth-order valence-electron chi connectivity index (χ4n) is 6.48. The van der Waals surface area contributed by atoms with Gasteiger partial charge in [0.1, 0.15) is 0 Å². The first-order valence-corrected chi connectivity index (χ1v) is 20.3. The van der Waals surface area contributed by atoms with E-state index in [2.05, 4.69) is 83.8 Å². The molecule has 1 heterocycles. The maximum atomic E-state index is 2.74. The molecule has 0 spiro atoms. The molecule has 2 heteroatoms. The first kappa shape index (κ1) is 17.1. The molecule has 132 valence electrons. The van der Waals surface area contributed by atoms with Crippen molar-refractivity contribution in [3.63, 3.8) is 0 Å². The van der Waals surface area contributed by atoms with E-state index in [-0.39, 0.29) is 0 Å². The van der Waals surface area contributed by atoms with Crippen molar-refractivity contribution in [1.29, 1.82) is 0 Å². The van der Waals surface area contributed by atoms with E-state index in [9.17, 15) is 0 Å². The Bertz CT molecular complexity index is 888. The number of rotatable bonds is 2. The van der Waals surface area contributed by atoms with Crippen LogP contribution in [0.2, 0.25) is 21.4 Å². The van der Waals surface area contributed by atoms with Gasteiger partial charge in [-0.3, -0.25) is 0 Å². The molecule has 2 atom stereocenters. The number of benzene rings is 2. The second-order valence-electron chi connectivity index (χ2n) is 8.93. The van der Waals surface area contributed by atoms with Crippen LogP contribution < -0.4 is 0 Å². The molecule has 1 fully saturated rings. The van der Waals surface area contributed by atoms with Crippen LogP contribution in [0.5, 0.6) is 0 Å². The summed E-state index contributed by atoms with van der Waals surface area (Å²) in [6, 6.07) is 21.3. The molecule has 26 heavy (non-hydrogen) atoms. The van der Waals surface area contributed by atoms with Crippen LogP contribution in [-0.2, 0) is 20.3 Å². The third-order valence-corrected chi connectivity index (χ3v) is 24.9. The Kier molecular flexibility index (Phi) is 3.80. The molecule has 2 aromatic carbocycles. The summed E-state index contributed by atoms with van der Waals surface area (Å²) in [7, 11) is -1.60. The molecule has 0 aromatic heterocycles. The first-order chi connectivity index (χ1) is 12.5. The predicted molar refractivity (Wildman–Crippen MR) is 113 cm³/mol. The molecule has 2 unspecified atom stereocenters. The summed E-state index contributed by atoms with van der Waals surface area (Å²) in [5, 5.41) is 3.81. The van der Waals surface area contributed by atoms with Crippen LogP contribution in [0.3, 0.4) is 0 Å². The Morgan fingerprint density at radius 1 is 0.731 bits per heavy atom. The van der Waals surface area contributed by atoms with Crippen LogP contribution in [0.4, 0.5) is 0 Å². The Balaban J connectivity index is 1.83. The molecule has 5 rings (SSSR count). The van der Waals surface area contributed by atoms with Gasteiger partial charge in [0, 0.05) is 0 Å². The van der Waals surface area contributed by atoms with Crippen LogP contribution in [0.1, 0.15) is 43.4 Å². The van der Waals surface area contributed by atoms with E-state index >= 15 is 0 Å². The molecule has 1 aliphatic heterocycles. The van der Waals surface area contributed by atoms with Gasteiger partial charge in [0.05, 0.1) is 0 Å². The van der Waals surface area contributed by atoms with E-state index in [1.165, 1.54) is 23.2 Å². The molecule has 0 amide bonds. The van der Waals surface area contributed by atoms with Crippen molar-refractivity contribution in [3.05, 3.63) is 81.2 Å². The summed E-state index contributed by atoms with van der Waals surface area (Å²) in [6.07, 6.45) is 5.30.